The molecule has 0 saturated carbocycles. The molecule has 1 aromatic carbocycles. The van der Waals surface area contributed by atoms with Gasteiger partial charge in [0.2, 0.25) is 0 Å². The van der Waals surface area contributed by atoms with Gasteiger partial charge in [0.25, 0.3) is 5.89 Å². The molecule has 0 radical (unpaired) electrons. The smallest absolute Gasteiger partial charge is 0.261 e. The van der Waals surface area contributed by atoms with Gasteiger partial charge in [-0.2, -0.15) is 4.98 Å². The van der Waals surface area contributed by atoms with Crippen molar-refractivity contribution in [2.75, 3.05) is 26.9 Å². The third-order valence-electron chi connectivity index (χ3n) is 2.38. The van der Waals surface area contributed by atoms with Gasteiger partial charge in [-0.15, -0.1) is 0 Å². The molecule has 0 spiro atoms. The molecule has 0 fully saturated rings. The Hall–Kier alpha value is -2.08. The first-order chi connectivity index (χ1) is 8.60. The summed E-state index contributed by atoms with van der Waals surface area (Å²) in [5.41, 5.74) is 7.07. The van der Waals surface area contributed by atoms with Crippen molar-refractivity contribution in [2.45, 2.75) is 6.54 Å². The summed E-state index contributed by atoms with van der Waals surface area (Å²) in [6.45, 7) is 0.626. The molecule has 2 N–H and O–H groups in total. The first-order valence-electron chi connectivity index (χ1n) is 5.51. The van der Waals surface area contributed by atoms with Crippen LogP contribution in [-0.2, 0) is 6.54 Å². The van der Waals surface area contributed by atoms with E-state index in [9.17, 15) is 0 Å². The highest BCUT2D eigenvalue weighted by molar-refractivity contribution is 5.66. The van der Waals surface area contributed by atoms with E-state index in [1.165, 1.54) is 0 Å². The molecule has 1 aromatic heterocycles. The summed E-state index contributed by atoms with van der Waals surface area (Å²) in [6.07, 6.45) is 0. The first-order valence-corrected chi connectivity index (χ1v) is 5.51. The summed E-state index contributed by atoms with van der Waals surface area (Å²) in [5.74, 6) is 1.69. The Morgan fingerprint density at radius 3 is 2.83 bits per heavy atom. The van der Waals surface area contributed by atoms with Crippen LogP contribution in [0.1, 0.15) is 5.82 Å². The quantitative estimate of drug-likeness (QED) is 0.824. The van der Waals surface area contributed by atoms with Crippen molar-refractivity contribution in [1.82, 2.24) is 15.0 Å². The van der Waals surface area contributed by atoms with E-state index in [1.807, 2.05) is 19.0 Å². The second kappa shape index (κ2) is 5.05. The van der Waals surface area contributed by atoms with Gasteiger partial charge >= 0.3 is 0 Å². The average molecular weight is 248 g/mol. The minimum Gasteiger partial charge on any atom is -0.496 e. The molecule has 96 valence electrons. The number of hydrogen-bond donors (Lipinski definition) is 1. The van der Waals surface area contributed by atoms with Gasteiger partial charge in [-0.25, -0.2) is 0 Å². The molecule has 6 nitrogen and oxygen atoms in total. The minimum atomic E-state index is 0.434. The number of nitrogen functional groups attached to an aromatic ring is 1. The maximum absolute atomic E-state index is 5.70. The summed E-state index contributed by atoms with van der Waals surface area (Å²) in [5, 5.41) is 3.92. The molecule has 0 saturated heterocycles. The number of hydrogen-bond acceptors (Lipinski definition) is 6. The van der Waals surface area contributed by atoms with Crippen LogP contribution in [0.2, 0.25) is 0 Å². The van der Waals surface area contributed by atoms with E-state index in [0.29, 0.717) is 29.7 Å². The molecule has 0 aliphatic rings. The number of ether oxygens (including phenoxy) is 1. The van der Waals surface area contributed by atoms with Gasteiger partial charge in [-0.1, -0.05) is 5.16 Å². The molecule has 0 aliphatic carbocycles. The lowest BCUT2D eigenvalue weighted by Crippen LogP contribution is -2.11. The monoisotopic (exact) mass is 248 g/mol. The van der Waals surface area contributed by atoms with Crippen LogP contribution in [0.4, 0.5) is 5.69 Å². The standard InChI is InChI=1S/C12H16N4O2/c1-16(2)7-11-14-12(18-15-11)9-5-4-8(13)6-10(9)17-3/h4-6H,7,13H2,1-3H3. The van der Waals surface area contributed by atoms with Crippen LogP contribution in [0, 0.1) is 0 Å². The van der Waals surface area contributed by atoms with Crippen molar-refractivity contribution in [3.05, 3.63) is 24.0 Å². The van der Waals surface area contributed by atoms with E-state index in [0.717, 1.165) is 5.56 Å². The first kappa shape index (κ1) is 12.4. The van der Waals surface area contributed by atoms with Gasteiger partial charge in [0.05, 0.1) is 19.2 Å². The van der Waals surface area contributed by atoms with Crippen molar-refractivity contribution >= 4 is 5.69 Å². The van der Waals surface area contributed by atoms with E-state index in [4.69, 9.17) is 15.0 Å². The Morgan fingerprint density at radius 2 is 2.17 bits per heavy atom. The SMILES string of the molecule is COc1cc(N)ccc1-c1nc(CN(C)C)no1. The molecule has 0 amide bonds. The molecule has 2 aromatic rings. The third-order valence-corrected chi connectivity index (χ3v) is 2.38. The highest BCUT2D eigenvalue weighted by atomic mass is 16.5. The fourth-order valence-electron chi connectivity index (χ4n) is 1.59. The summed E-state index contributed by atoms with van der Waals surface area (Å²) < 4.78 is 10.5. The van der Waals surface area contributed by atoms with E-state index >= 15 is 0 Å². The van der Waals surface area contributed by atoms with Crippen LogP contribution >= 0.6 is 0 Å². The Bertz CT molecular complexity index is 537. The predicted octanol–water partition coefficient (Wildman–Crippen LogP) is 1.39. The van der Waals surface area contributed by atoms with Gasteiger partial charge in [0.1, 0.15) is 5.75 Å². The van der Waals surface area contributed by atoms with Crippen LogP contribution in [0.15, 0.2) is 22.7 Å². The zero-order valence-electron chi connectivity index (χ0n) is 10.7. The normalized spacial score (nSPS) is 10.9. The number of rotatable bonds is 4. The maximum Gasteiger partial charge on any atom is 0.261 e. The Morgan fingerprint density at radius 1 is 1.39 bits per heavy atom. The average Bonchev–Trinajstić information content (AvgIpc) is 2.76. The minimum absolute atomic E-state index is 0.434. The number of nitrogens with two attached hydrogens (primary N) is 1. The summed E-state index contributed by atoms with van der Waals surface area (Å²) in [7, 11) is 5.47. The zero-order chi connectivity index (χ0) is 13.1. The van der Waals surface area contributed by atoms with Crippen LogP contribution < -0.4 is 10.5 Å². The van der Waals surface area contributed by atoms with Crippen LogP contribution in [0.25, 0.3) is 11.5 Å². The molecule has 6 heteroatoms. The number of methoxy groups -OCH3 is 1. The Balaban J connectivity index is 2.33. The molecule has 0 atom stereocenters. The Kier molecular flexibility index (Phi) is 3.47. The molecular weight excluding hydrogens is 232 g/mol. The van der Waals surface area contributed by atoms with Crippen molar-refractivity contribution in [1.29, 1.82) is 0 Å². The summed E-state index contributed by atoms with van der Waals surface area (Å²) >= 11 is 0. The fraction of sp³-hybridized carbons (Fsp3) is 0.333. The molecule has 2 rings (SSSR count). The van der Waals surface area contributed by atoms with Gasteiger partial charge in [0, 0.05) is 11.8 Å². The molecule has 18 heavy (non-hydrogen) atoms. The molecule has 0 bridgehead atoms. The van der Waals surface area contributed by atoms with Crippen LogP contribution in [0.5, 0.6) is 5.75 Å². The predicted molar refractivity (Wildman–Crippen MR) is 68.1 cm³/mol. The lowest BCUT2D eigenvalue weighted by Gasteiger charge is -2.05. The van der Waals surface area contributed by atoms with E-state index in [1.54, 1.807) is 25.3 Å². The van der Waals surface area contributed by atoms with E-state index in [-0.39, 0.29) is 0 Å². The molecule has 0 aliphatic heterocycles. The second-order valence-electron chi connectivity index (χ2n) is 4.21. The number of benzene rings is 1. The molecular formula is C12H16N4O2. The van der Waals surface area contributed by atoms with Gasteiger partial charge in [0.15, 0.2) is 5.82 Å². The maximum atomic E-state index is 5.70. The van der Waals surface area contributed by atoms with Crippen molar-refractivity contribution < 1.29 is 9.26 Å². The molecule has 0 unspecified atom stereocenters. The third kappa shape index (κ3) is 2.60. The van der Waals surface area contributed by atoms with Crippen LogP contribution in [-0.4, -0.2) is 36.2 Å². The van der Waals surface area contributed by atoms with Gasteiger partial charge in [-0.05, 0) is 26.2 Å². The number of anilines is 1. The Labute approximate surface area is 105 Å². The highest BCUT2D eigenvalue weighted by Gasteiger charge is 2.14. The van der Waals surface area contributed by atoms with Gasteiger partial charge in [-0.3, -0.25) is 0 Å². The van der Waals surface area contributed by atoms with Crippen molar-refractivity contribution in [3.8, 4) is 17.2 Å². The second-order valence-corrected chi connectivity index (χ2v) is 4.21. The van der Waals surface area contributed by atoms with Crippen molar-refractivity contribution in [2.24, 2.45) is 0 Å². The van der Waals surface area contributed by atoms with E-state index < -0.39 is 0 Å². The zero-order valence-corrected chi connectivity index (χ0v) is 10.7. The lowest BCUT2D eigenvalue weighted by atomic mass is 10.2. The highest BCUT2D eigenvalue weighted by Crippen LogP contribution is 2.30. The fourth-order valence-corrected chi connectivity index (χ4v) is 1.59. The molecule has 1 heterocycles. The topological polar surface area (TPSA) is 77.4 Å². The van der Waals surface area contributed by atoms with E-state index in [2.05, 4.69) is 10.1 Å². The largest absolute Gasteiger partial charge is 0.496 e. The summed E-state index contributed by atoms with van der Waals surface area (Å²) in [6, 6.07) is 5.31. The van der Waals surface area contributed by atoms with Crippen molar-refractivity contribution in [3.63, 3.8) is 0 Å². The van der Waals surface area contributed by atoms with Crippen LogP contribution in [0.3, 0.4) is 0 Å². The van der Waals surface area contributed by atoms with Gasteiger partial charge < -0.3 is 19.9 Å². The summed E-state index contributed by atoms with van der Waals surface area (Å²) in [4.78, 5) is 6.29. The number of aromatic nitrogens is 2. The number of nitrogens with zero attached hydrogens (tertiary/aromatic N) is 3. The lowest BCUT2D eigenvalue weighted by molar-refractivity contribution is 0.364.